The van der Waals surface area contributed by atoms with Gasteiger partial charge in [-0.25, -0.2) is 9.37 Å². The molecule has 0 N–H and O–H groups in total. The molecule has 150 valence electrons. The SMILES string of the molecule is Cn1cc(-n2cc(C(=O)N3CCCN(c4ncccc4F)CC3)ccc2=O)cn1. The molecular formula is C20H21FN6O2. The molecule has 1 amide bonds. The zero-order valence-electron chi connectivity index (χ0n) is 16.0. The number of rotatable bonds is 3. The van der Waals surface area contributed by atoms with Crippen molar-refractivity contribution in [2.75, 3.05) is 31.1 Å². The highest BCUT2D eigenvalue weighted by Crippen LogP contribution is 2.18. The van der Waals surface area contributed by atoms with Gasteiger partial charge in [0.25, 0.3) is 11.5 Å². The first-order valence-corrected chi connectivity index (χ1v) is 9.39. The molecule has 1 aliphatic heterocycles. The highest BCUT2D eigenvalue weighted by atomic mass is 19.1. The minimum absolute atomic E-state index is 0.161. The largest absolute Gasteiger partial charge is 0.352 e. The Labute approximate surface area is 166 Å². The van der Waals surface area contributed by atoms with E-state index < -0.39 is 0 Å². The van der Waals surface area contributed by atoms with Gasteiger partial charge in [0.05, 0.1) is 17.4 Å². The van der Waals surface area contributed by atoms with Crippen LogP contribution in [0.2, 0.25) is 0 Å². The van der Waals surface area contributed by atoms with Gasteiger partial charge in [0.2, 0.25) is 0 Å². The molecule has 0 aromatic carbocycles. The number of anilines is 1. The van der Waals surface area contributed by atoms with Crippen molar-refractivity contribution in [3.63, 3.8) is 0 Å². The quantitative estimate of drug-likeness (QED) is 0.670. The van der Waals surface area contributed by atoms with E-state index >= 15 is 0 Å². The lowest BCUT2D eigenvalue weighted by molar-refractivity contribution is 0.0766. The molecule has 1 fully saturated rings. The molecule has 0 spiro atoms. The fraction of sp³-hybridized carbons (Fsp3) is 0.300. The summed E-state index contributed by atoms with van der Waals surface area (Å²) in [5, 5.41) is 4.07. The summed E-state index contributed by atoms with van der Waals surface area (Å²) in [7, 11) is 1.76. The normalized spacial score (nSPS) is 14.7. The number of halogens is 1. The second-order valence-electron chi connectivity index (χ2n) is 6.94. The molecule has 0 saturated carbocycles. The van der Waals surface area contributed by atoms with Crippen LogP contribution in [0.25, 0.3) is 5.69 Å². The van der Waals surface area contributed by atoms with Crippen LogP contribution in [0, 0.1) is 5.82 Å². The van der Waals surface area contributed by atoms with Crippen LogP contribution in [0.5, 0.6) is 0 Å². The summed E-state index contributed by atoms with van der Waals surface area (Å²) in [6.45, 7) is 2.10. The van der Waals surface area contributed by atoms with E-state index in [9.17, 15) is 14.0 Å². The second kappa shape index (κ2) is 7.86. The van der Waals surface area contributed by atoms with Crippen LogP contribution in [0.15, 0.2) is 53.8 Å². The van der Waals surface area contributed by atoms with Crippen LogP contribution in [-0.2, 0) is 7.05 Å². The summed E-state index contributed by atoms with van der Waals surface area (Å²) >= 11 is 0. The summed E-state index contributed by atoms with van der Waals surface area (Å²) in [6.07, 6.45) is 7.09. The molecule has 0 bridgehead atoms. The fourth-order valence-electron chi connectivity index (χ4n) is 3.47. The summed E-state index contributed by atoms with van der Waals surface area (Å²) in [6, 6.07) is 5.87. The lowest BCUT2D eigenvalue weighted by Gasteiger charge is -2.23. The van der Waals surface area contributed by atoms with Gasteiger partial charge in [-0.3, -0.25) is 18.8 Å². The van der Waals surface area contributed by atoms with Gasteiger partial charge in [-0.2, -0.15) is 5.10 Å². The number of pyridine rings is 2. The molecule has 0 atom stereocenters. The van der Waals surface area contributed by atoms with Gasteiger partial charge in [0.15, 0.2) is 11.6 Å². The van der Waals surface area contributed by atoms with Crippen LogP contribution >= 0.6 is 0 Å². The third-order valence-corrected chi connectivity index (χ3v) is 4.95. The summed E-state index contributed by atoms with van der Waals surface area (Å²) in [5.41, 5.74) is 0.785. The Hall–Kier alpha value is -3.49. The number of carbonyl (C=O) groups is 1. The number of hydrogen-bond acceptors (Lipinski definition) is 5. The van der Waals surface area contributed by atoms with Crippen LogP contribution < -0.4 is 10.5 Å². The summed E-state index contributed by atoms with van der Waals surface area (Å²) < 4.78 is 17.1. The van der Waals surface area contributed by atoms with Gasteiger partial charge in [-0.1, -0.05) is 0 Å². The Morgan fingerprint density at radius 3 is 2.72 bits per heavy atom. The van der Waals surface area contributed by atoms with Crippen LogP contribution in [0.1, 0.15) is 16.8 Å². The van der Waals surface area contributed by atoms with Crippen molar-refractivity contribution in [1.82, 2.24) is 24.2 Å². The van der Waals surface area contributed by atoms with E-state index in [4.69, 9.17) is 0 Å². The van der Waals surface area contributed by atoms with Crippen molar-refractivity contribution in [2.45, 2.75) is 6.42 Å². The lowest BCUT2D eigenvalue weighted by atomic mass is 10.2. The van der Waals surface area contributed by atoms with Gasteiger partial charge in [0, 0.05) is 57.9 Å². The minimum Gasteiger partial charge on any atom is -0.352 e. The monoisotopic (exact) mass is 396 g/mol. The zero-order chi connectivity index (χ0) is 20.4. The molecule has 9 heteroatoms. The van der Waals surface area contributed by atoms with Crippen LogP contribution in [0.3, 0.4) is 0 Å². The minimum atomic E-state index is -0.365. The standard InChI is InChI=1S/C20H21FN6O2/c1-24-14-16(12-23-24)27-13-15(5-6-18(27)28)20(29)26-9-3-8-25(10-11-26)19-17(21)4-2-7-22-19/h2,4-7,12-14H,3,8-11H2,1H3. The van der Waals surface area contributed by atoms with E-state index in [1.54, 1.807) is 53.5 Å². The summed E-state index contributed by atoms with van der Waals surface area (Å²) in [5.74, 6) is -0.214. The topological polar surface area (TPSA) is 76.3 Å². The molecule has 0 radical (unpaired) electrons. The first-order valence-electron chi connectivity index (χ1n) is 9.39. The maximum atomic E-state index is 14.0. The van der Waals surface area contributed by atoms with Crippen molar-refractivity contribution in [1.29, 1.82) is 0 Å². The second-order valence-corrected chi connectivity index (χ2v) is 6.94. The molecule has 0 aliphatic carbocycles. The molecule has 4 rings (SSSR count). The average Bonchev–Trinajstić information content (AvgIpc) is 3.00. The molecule has 29 heavy (non-hydrogen) atoms. The number of aryl methyl sites for hydroxylation is 1. The van der Waals surface area contributed by atoms with Gasteiger partial charge in [0.1, 0.15) is 0 Å². The molecule has 1 saturated heterocycles. The Morgan fingerprint density at radius 1 is 1.10 bits per heavy atom. The zero-order valence-corrected chi connectivity index (χ0v) is 16.0. The molecule has 1 aliphatic rings. The third kappa shape index (κ3) is 3.89. The van der Waals surface area contributed by atoms with Crippen molar-refractivity contribution in [3.05, 3.63) is 70.8 Å². The highest BCUT2D eigenvalue weighted by molar-refractivity contribution is 5.94. The van der Waals surface area contributed by atoms with Crippen molar-refractivity contribution in [3.8, 4) is 5.69 Å². The third-order valence-electron chi connectivity index (χ3n) is 4.95. The predicted molar refractivity (Wildman–Crippen MR) is 106 cm³/mol. The van der Waals surface area contributed by atoms with E-state index in [-0.39, 0.29) is 17.3 Å². The Balaban J connectivity index is 1.53. The predicted octanol–water partition coefficient (Wildman–Crippen LogP) is 1.46. The Morgan fingerprint density at radius 2 is 1.97 bits per heavy atom. The van der Waals surface area contributed by atoms with Gasteiger partial charge >= 0.3 is 0 Å². The maximum Gasteiger partial charge on any atom is 0.255 e. The number of carbonyl (C=O) groups excluding carboxylic acids is 1. The van der Waals surface area contributed by atoms with E-state index in [1.165, 1.54) is 16.7 Å². The smallest absolute Gasteiger partial charge is 0.255 e. The van der Waals surface area contributed by atoms with Gasteiger partial charge < -0.3 is 9.80 Å². The van der Waals surface area contributed by atoms with Gasteiger partial charge in [-0.15, -0.1) is 0 Å². The Kier molecular flexibility index (Phi) is 5.11. The van der Waals surface area contributed by atoms with E-state index in [0.29, 0.717) is 49.7 Å². The number of amides is 1. The summed E-state index contributed by atoms with van der Waals surface area (Å²) in [4.78, 5) is 33.0. The fourth-order valence-corrected chi connectivity index (χ4v) is 3.47. The molecule has 0 unspecified atom stereocenters. The van der Waals surface area contributed by atoms with Crippen LogP contribution in [-0.4, -0.2) is 56.3 Å². The molecule has 4 heterocycles. The first-order chi connectivity index (χ1) is 14.0. The number of nitrogens with zero attached hydrogens (tertiary/aromatic N) is 6. The molecule has 3 aromatic rings. The van der Waals surface area contributed by atoms with Crippen molar-refractivity contribution >= 4 is 11.7 Å². The highest BCUT2D eigenvalue weighted by Gasteiger charge is 2.23. The lowest BCUT2D eigenvalue weighted by Crippen LogP contribution is -2.36. The Bertz CT molecular complexity index is 1090. The first kappa shape index (κ1) is 18.9. The molecular weight excluding hydrogens is 375 g/mol. The molecule has 3 aromatic heterocycles. The van der Waals surface area contributed by atoms with Crippen molar-refractivity contribution < 1.29 is 9.18 Å². The maximum absolute atomic E-state index is 14.0. The number of hydrogen-bond donors (Lipinski definition) is 0. The van der Waals surface area contributed by atoms with E-state index in [2.05, 4.69) is 10.1 Å². The van der Waals surface area contributed by atoms with Gasteiger partial charge in [-0.05, 0) is 24.6 Å². The average molecular weight is 396 g/mol. The molecule has 8 nitrogen and oxygen atoms in total. The van der Waals surface area contributed by atoms with Crippen LogP contribution in [0.4, 0.5) is 10.2 Å². The van der Waals surface area contributed by atoms with E-state index in [1.807, 2.05) is 4.90 Å². The number of aromatic nitrogens is 4. The van der Waals surface area contributed by atoms with Crippen molar-refractivity contribution in [2.24, 2.45) is 7.05 Å². The van der Waals surface area contributed by atoms with E-state index in [0.717, 1.165) is 0 Å².